The molecule has 5 rings (SSSR count). The quantitative estimate of drug-likeness (QED) is 0.415. The van der Waals surface area contributed by atoms with Crippen LogP contribution in [0.5, 0.6) is 0 Å². The van der Waals surface area contributed by atoms with Crippen LogP contribution in [0.1, 0.15) is 0 Å². The van der Waals surface area contributed by atoms with E-state index in [9.17, 15) is 0 Å². The van der Waals surface area contributed by atoms with Gasteiger partial charge < -0.3 is 9.80 Å². The molecule has 8 nitrogen and oxygen atoms in total. The van der Waals surface area contributed by atoms with E-state index in [4.69, 9.17) is 0 Å². The van der Waals surface area contributed by atoms with E-state index in [0.29, 0.717) is 0 Å². The van der Waals surface area contributed by atoms with Gasteiger partial charge in [0.2, 0.25) is 5.95 Å². The van der Waals surface area contributed by atoms with Gasteiger partial charge in [0.1, 0.15) is 0 Å². The van der Waals surface area contributed by atoms with Crippen molar-refractivity contribution >= 4 is 39.7 Å². The topological polar surface area (TPSA) is 67.4 Å². The van der Waals surface area contributed by atoms with Crippen molar-refractivity contribution in [2.24, 2.45) is 7.05 Å². The number of nitrogens with zero attached hydrogens (tertiary/aromatic N) is 8. The number of hydrogen-bond acceptors (Lipinski definition) is 6. The molecule has 0 saturated carbocycles. The van der Waals surface area contributed by atoms with Crippen molar-refractivity contribution in [3.8, 4) is 11.1 Å². The summed E-state index contributed by atoms with van der Waals surface area (Å²) in [5, 5.41) is 8.83. The molecule has 0 aromatic carbocycles. The Bertz CT molecular complexity index is 1110. The molecule has 0 radical (unpaired) electrons. The van der Waals surface area contributed by atoms with Gasteiger partial charge in [-0.1, -0.05) is 6.07 Å². The van der Waals surface area contributed by atoms with Crippen LogP contribution < -0.4 is 9.80 Å². The molecule has 9 heteroatoms. The van der Waals surface area contributed by atoms with Gasteiger partial charge in [0.25, 0.3) is 0 Å². The Kier molecular flexibility index (Phi) is 4.38. The van der Waals surface area contributed by atoms with E-state index in [1.807, 2.05) is 47.2 Å². The zero-order valence-electron chi connectivity index (χ0n) is 15.4. The molecule has 0 amide bonds. The molecule has 1 fully saturated rings. The minimum Gasteiger partial charge on any atom is -0.365 e. The molecular formula is C19H19IN8. The zero-order chi connectivity index (χ0) is 19.1. The monoisotopic (exact) mass is 486 g/mol. The summed E-state index contributed by atoms with van der Waals surface area (Å²) in [4.78, 5) is 13.5. The van der Waals surface area contributed by atoms with E-state index in [1.54, 1.807) is 0 Å². The Hall–Kier alpha value is -2.69. The van der Waals surface area contributed by atoms with Crippen LogP contribution in [-0.2, 0) is 7.05 Å². The minimum absolute atomic E-state index is 0.807. The summed E-state index contributed by atoms with van der Waals surface area (Å²) in [7, 11) is 1.93. The Morgan fingerprint density at radius 1 is 0.821 bits per heavy atom. The molecular weight excluding hydrogens is 467 g/mol. The standard InChI is InChI=1S/C19H19IN8/c1-25-12-15(8-23-25)14-2-3-17-18(11-24-28(17)13-14)26-4-6-27(7-5-26)19-21-9-16(20)10-22-19/h2-3,8-13H,4-7H2,1H3. The summed E-state index contributed by atoms with van der Waals surface area (Å²) in [6.07, 6.45) is 11.6. The summed E-state index contributed by atoms with van der Waals surface area (Å²) in [5.41, 5.74) is 4.48. The first kappa shape index (κ1) is 17.4. The number of aryl methyl sites for hydroxylation is 1. The van der Waals surface area contributed by atoms with Crippen LogP contribution in [0.15, 0.2) is 49.3 Å². The van der Waals surface area contributed by atoms with Crippen molar-refractivity contribution in [1.82, 2.24) is 29.4 Å². The molecule has 28 heavy (non-hydrogen) atoms. The molecule has 0 N–H and O–H groups in total. The number of fused-ring (bicyclic) bond motifs is 1. The highest BCUT2D eigenvalue weighted by Gasteiger charge is 2.21. The maximum Gasteiger partial charge on any atom is 0.225 e. The number of halogens is 1. The highest BCUT2D eigenvalue weighted by molar-refractivity contribution is 14.1. The Balaban J connectivity index is 1.35. The number of hydrogen-bond donors (Lipinski definition) is 0. The maximum absolute atomic E-state index is 4.58. The van der Waals surface area contributed by atoms with Gasteiger partial charge in [-0.05, 0) is 28.7 Å². The molecule has 0 unspecified atom stereocenters. The predicted molar refractivity (Wildman–Crippen MR) is 117 cm³/mol. The van der Waals surface area contributed by atoms with Gasteiger partial charge in [0.05, 0.1) is 23.6 Å². The van der Waals surface area contributed by atoms with Gasteiger partial charge in [-0.3, -0.25) is 4.68 Å². The second-order valence-electron chi connectivity index (χ2n) is 6.86. The fourth-order valence-corrected chi connectivity index (χ4v) is 3.85. The maximum atomic E-state index is 4.58. The fourth-order valence-electron chi connectivity index (χ4n) is 3.57. The van der Waals surface area contributed by atoms with Gasteiger partial charge in [-0.2, -0.15) is 10.2 Å². The van der Waals surface area contributed by atoms with Crippen LogP contribution in [-0.4, -0.2) is 55.5 Å². The molecule has 1 aliphatic heterocycles. The Labute approximate surface area is 175 Å². The first-order valence-electron chi connectivity index (χ1n) is 9.11. The second kappa shape index (κ2) is 7.04. The number of piperazine rings is 1. The summed E-state index contributed by atoms with van der Waals surface area (Å²) in [5.74, 6) is 0.807. The number of pyridine rings is 1. The third-order valence-electron chi connectivity index (χ3n) is 5.04. The van der Waals surface area contributed by atoms with Crippen LogP contribution in [0.3, 0.4) is 0 Å². The van der Waals surface area contributed by atoms with Crippen LogP contribution in [0.2, 0.25) is 0 Å². The predicted octanol–water partition coefficient (Wildman–Crippen LogP) is 2.46. The zero-order valence-corrected chi connectivity index (χ0v) is 17.6. The third-order valence-corrected chi connectivity index (χ3v) is 5.60. The molecule has 142 valence electrons. The van der Waals surface area contributed by atoms with E-state index < -0.39 is 0 Å². The Morgan fingerprint density at radius 3 is 2.29 bits per heavy atom. The van der Waals surface area contributed by atoms with Gasteiger partial charge >= 0.3 is 0 Å². The highest BCUT2D eigenvalue weighted by atomic mass is 127. The SMILES string of the molecule is Cn1cc(-c2ccc3c(N4CCN(c5ncc(I)cn5)CC4)cnn3c2)cn1. The Morgan fingerprint density at radius 2 is 1.57 bits per heavy atom. The number of anilines is 2. The van der Waals surface area contributed by atoms with Crippen molar-refractivity contribution in [1.29, 1.82) is 0 Å². The van der Waals surface area contributed by atoms with Crippen LogP contribution in [0.4, 0.5) is 11.6 Å². The van der Waals surface area contributed by atoms with Crippen molar-refractivity contribution in [3.05, 3.63) is 52.9 Å². The molecule has 5 heterocycles. The van der Waals surface area contributed by atoms with E-state index in [1.165, 1.54) is 5.69 Å². The molecule has 1 saturated heterocycles. The van der Waals surface area contributed by atoms with Crippen LogP contribution in [0.25, 0.3) is 16.6 Å². The van der Waals surface area contributed by atoms with Gasteiger partial charge in [-0.25, -0.2) is 14.5 Å². The molecule has 1 aliphatic rings. The molecule has 0 aliphatic carbocycles. The van der Waals surface area contributed by atoms with Crippen molar-refractivity contribution in [2.75, 3.05) is 36.0 Å². The van der Waals surface area contributed by atoms with E-state index in [2.05, 4.69) is 70.9 Å². The van der Waals surface area contributed by atoms with Gasteiger partial charge in [-0.15, -0.1) is 0 Å². The molecule has 0 spiro atoms. The normalized spacial score (nSPS) is 14.8. The van der Waals surface area contributed by atoms with Gasteiger partial charge in [0.15, 0.2) is 0 Å². The van der Waals surface area contributed by atoms with E-state index in [0.717, 1.165) is 52.3 Å². The van der Waals surface area contributed by atoms with Crippen molar-refractivity contribution in [2.45, 2.75) is 0 Å². The van der Waals surface area contributed by atoms with E-state index >= 15 is 0 Å². The average Bonchev–Trinajstić information content (AvgIpc) is 3.34. The summed E-state index contributed by atoms with van der Waals surface area (Å²) < 4.78 is 4.81. The summed E-state index contributed by atoms with van der Waals surface area (Å²) >= 11 is 2.23. The van der Waals surface area contributed by atoms with Gasteiger partial charge in [0, 0.05) is 72.7 Å². The smallest absolute Gasteiger partial charge is 0.225 e. The molecule has 4 aromatic heterocycles. The first-order chi connectivity index (χ1) is 13.7. The molecule has 4 aromatic rings. The molecule has 0 bridgehead atoms. The average molecular weight is 486 g/mol. The lowest BCUT2D eigenvalue weighted by molar-refractivity contribution is 0.641. The lowest BCUT2D eigenvalue weighted by Crippen LogP contribution is -2.47. The lowest BCUT2D eigenvalue weighted by atomic mass is 10.1. The second-order valence-corrected chi connectivity index (χ2v) is 8.10. The van der Waals surface area contributed by atoms with Crippen molar-refractivity contribution < 1.29 is 0 Å². The summed E-state index contributed by atoms with van der Waals surface area (Å²) in [6, 6.07) is 4.27. The summed E-state index contributed by atoms with van der Waals surface area (Å²) in [6.45, 7) is 3.62. The van der Waals surface area contributed by atoms with Crippen molar-refractivity contribution in [3.63, 3.8) is 0 Å². The molecule has 0 atom stereocenters. The lowest BCUT2D eigenvalue weighted by Gasteiger charge is -2.35. The van der Waals surface area contributed by atoms with Crippen LogP contribution in [0, 0.1) is 3.57 Å². The largest absolute Gasteiger partial charge is 0.365 e. The van der Waals surface area contributed by atoms with Crippen LogP contribution >= 0.6 is 22.6 Å². The third kappa shape index (κ3) is 3.19. The minimum atomic E-state index is 0.807. The highest BCUT2D eigenvalue weighted by Crippen LogP contribution is 2.26. The number of rotatable bonds is 3. The first-order valence-corrected chi connectivity index (χ1v) is 10.2. The van der Waals surface area contributed by atoms with E-state index in [-0.39, 0.29) is 0 Å². The fraction of sp³-hybridized carbons (Fsp3) is 0.263. The number of aromatic nitrogens is 6.